The average molecular weight is 262 g/mol. The Hall–Kier alpha value is -1.48. The van der Waals surface area contributed by atoms with Gasteiger partial charge in [0.2, 0.25) is 0 Å². The molecule has 3 nitrogen and oxygen atoms in total. The summed E-state index contributed by atoms with van der Waals surface area (Å²) in [6.45, 7) is 0. The molecule has 1 aromatic heterocycles. The fourth-order valence-electron chi connectivity index (χ4n) is 2.66. The van der Waals surface area contributed by atoms with Crippen molar-refractivity contribution in [3.05, 3.63) is 29.4 Å². The van der Waals surface area contributed by atoms with E-state index in [-0.39, 0.29) is 0 Å². The molecular weight excluding hydrogens is 246 g/mol. The molecule has 0 radical (unpaired) electrons. The maximum Gasteiger partial charge on any atom is 0.134 e. The highest BCUT2D eigenvalue weighted by atomic mass is 35.5. The van der Waals surface area contributed by atoms with Gasteiger partial charge in [0.05, 0.1) is 0 Å². The van der Waals surface area contributed by atoms with Crippen molar-refractivity contribution in [1.82, 2.24) is 4.98 Å². The third kappa shape index (κ3) is 2.10. The molecule has 0 atom stereocenters. The van der Waals surface area contributed by atoms with Crippen molar-refractivity contribution in [3.63, 3.8) is 0 Å². The van der Waals surface area contributed by atoms with E-state index in [0.717, 1.165) is 16.6 Å². The van der Waals surface area contributed by atoms with E-state index in [4.69, 9.17) is 17.3 Å². The summed E-state index contributed by atoms with van der Waals surface area (Å²) in [6, 6.07) is 6.17. The number of rotatable bonds is 2. The van der Waals surface area contributed by atoms with Crippen LogP contribution in [-0.4, -0.2) is 11.0 Å². The van der Waals surface area contributed by atoms with Crippen LogP contribution in [0.3, 0.4) is 0 Å². The zero-order valence-corrected chi connectivity index (χ0v) is 10.9. The zero-order valence-electron chi connectivity index (χ0n) is 10.1. The molecule has 1 saturated carbocycles. The number of nitrogens with zero attached hydrogens (tertiary/aromatic N) is 1. The number of hydrogen-bond donors (Lipinski definition) is 2. The molecule has 0 bridgehead atoms. The quantitative estimate of drug-likeness (QED) is 0.808. The molecule has 3 rings (SSSR count). The highest BCUT2D eigenvalue weighted by Gasteiger charge is 2.16. The summed E-state index contributed by atoms with van der Waals surface area (Å²) in [7, 11) is 0. The number of nitrogens with two attached hydrogens (primary N) is 1. The van der Waals surface area contributed by atoms with Gasteiger partial charge < -0.3 is 11.1 Å². The molecule has 0 unspecified atom stereocenters. The third-order valence-corrected chi connectivity index (χ3v) is 3.79. The van der Waals surface area contributed by atoms with E-state index < -0.39 is 0 Å². The fourth-order valence-corrected chi connectivity index (χ4v) is 2.88. The van der Waals surface area contributed by atoms with Crippen LogP contribution in [0.1, 0.15) is 25.7 Å². The first-order valence-electron chi connectivity index (χ1n) is 6.34. The van der Waals surface area contributed by atoms with Crippen LogP contribution in [-0.2, 0) is 0 Å². The number of pyridine rings is 1. The van der Waals surface area contributed by atoms with E-state index in [9.17, 15) is 0 Å². The Morgan fingerprint density at radius 3 is 2.78 bits per heavy atom. The Morgan fingerprint density at radius 1 is 1.22 bits per heavy atom. The van der Waals surface area contributed by atoms with Crippen LogP contribution in [0.15, 0.2) is 24.4 Å². The minimum atomic E-state index is 0.531. The Labute approximate surface area is 111 Å². The minimum absolute atomic E-state index is 0.531. The van der Waals surface area contributed by atoms with Gasteiger partial charge in [0.15, 0.2) is 0 Å². The van der Waals surface area contributed by atoms with Gasteiger partial charge in [0, 0.05) is 33.7 Å². The molecule has 0 spiro atoms. The monoisotopic (exact) mass is 261 g/mol. The molecule has 94 valence electrons. The molecule has 18 heavy (non-hydrogen) atoms. The SMILES string of the molecule is Nc1cc(Cl)cc2c(NC3CCCC3)nccc12. The molecule has 0 saturated heterocycles. The van der Waals surface area contributed by atoms with E-state index in [1.807, 2.05) is 12.1 Å². The van der Waals surface area contributed by atoms with Gasteiger partial charge in [-0.2, -0.15) is 0 Å². The Bertz CT molecular complexity index is 577. The van der Waals surface area contributed by atoms with Crippen LogP contribution < -0.4 is 11.1 Å². The summed E-state index contributed by atoms with van der Waals surface area (Å²) >= 11 is 6.08. The second-order valence-electron chi connectivity index (χ2n) is 4.88. The number of hydrogen-bond acceptors (Lipinski definition) is 3. The van der Waals surface area contributed by atoms with Crippen molar-refractivity contribution in [1.29, 1.82) is 0 Å². The third-order valence-electron chi connectivity index (χ3n) is 3.57. The number of nitrogen functional groups attached to an aromatic ring is 1. The molecule has 1 heterocycles. The lowest BCUT2D eigenvalue weighted by Gasteiger charge is -2.15. The van der Waals surface area contributed by atoms with Crippen molar-refractivity contribution < 1.29 is 0 Å². The highest BCUT2D eigenvalue weighted by molar-refractivity contribution is 6.32. The van der Waals surface area contributed by atoms with Crippen molar-refractivity contribution in [2.75, 3.05) is 11.1 Å². The van der Waals surface area contributed by atoms with E-state index in [1.54, 1.807) is 12.3 Å². The van der Waals surface area contributed by atoms with Gasteiger partial charge in [-0.3, -0.25) is 0 Å². The van der Waals surface area contributed by atoms with Crippen molar-refractivity contribution in [2.45, 2.75) is 31.7 Å². The van der Waals surface area contributed by atoms with Crippen LogP contribution in [0.4, 0.5) is 11.5 Å². The lowest BCUT2D eigenvalue weighted by molar-refractivity contribution is 0.752. The van der Waals surface area contributed by atoms with Crippen LogP contribution in [0.5, 0.6) is 0 Å². The molecule has 1 fully saturated rings. The number of halogens is 1. The molecule has 0 amide bonds. The van der Waals surface area contributed by atoms with Gasteiger partial charge in [-0.05, 0) is 31.0 Å². The lowest BCUT2D eigenvalue weighted by Crippen LogP contribution is -2.15. The summed E-state index contributed by atoms with van der Waals surface area (Å²) in [5, 5.41) is 6.19. The van der Waals surface area contributed by atoms with E-state index in [2.05, 4.69) is 10.3 Å². The van der Waals surface area contributed by atoms with Gasteiger partial charge in [0.1, 0.15) is 5.82 Å². The first kappa shape index (κ1) is 11.6. The largest absolute Gasteiger partial charge is 0.398 e. The minimum Gasteiger partial charge on any atom is -0.398 e. The predicted molar refractivity (Wildman–Crippen MR) is 77.0 cm³/mol. The molecule has 0 aliphatic heterocycles. The maximum atomic E-state index is 6.08. The second kappa shape index (κ2) is 4.65. The van der Waals surface area contributed by atoms with Gasteiger partial charge in [-0.25, -0.2) is 4.98 Å². The summed E-state index contributed by atoms with van der Waals surface area (Å²) in [4.78, 5) is 4.43. The number of anilines is 2. The summed E-state index contributed by atoms with van der Waals surface area (Å²) in [5.41, 5.74) is 6.70. The van der Waals surface area contributed by atoms with Gasteiger partial charge in [-0.15, -0.1) is 0 Å². The van der Waals surface area contributed by atoms with Crippen LogP contribution in [0.2, 0.25) is 5.02 Å². The first-order chi connectivity index (χ1) is 8.74. The maximum absolute atomic E-state index is 6.08. The number of aromatic nitrogens is 1. The second-order valence-corrected chi connectivity index (χ2v) is 5.31. The van der Waals surface area contributed by atoms with Crippen molar-refractivity contribution >= 4 is 33.9 Å². The molecule has 3 N–H and O–H groups in total. The normalized spacial score (nSPS) is 16.3. The molecule has 2 aromatic rings. The van der Waals surface area contributed by atoms with Crippen molar-refractivity contribution in [2.24, 2.45) is 0 Å². The topological polar surface area (TPSA) is 50.9 Å². The number of nitrogens with one attached hydrogen (secondary N) is 1. The highest BCUT2D eigenvalue weighted by Crippen LogP contribution is 2.31. The molecule has 1 aliphatic rings. The van der Waals surface area contributed by atoms with Gasteiger partial charge in [-0.1, -0.05) is 24.4 Å². The Balaban J connectivity index is 2.05. The Morgan fingerprint density at radius 2 is 2.00 bits per heavy atom. The number of benzene rings is 1. The summed E-state index contributed by atoms with van der Waals surface area (Å²) in [6.07, 6.45) is 6.82. The molecule has 4 heteroatoms. The lowest BCUT2D eigenvalue weighted by atomic mass is 10.1. The Kier molecular flexibility index (Phi) is 3.00. The van der Waals surface area contributed by atoms with Crippen LogP contribution >= 0.6 is 11.6 Å². The predicted octanol–water partition coefficient (Wildman–Crippen LogP) is 3.82. The van der Waals surface area contributed by atoms with E-state index >= 15 is 0 Å². The van der Waals surface area contributed by atoms with Crippen LogP contribution in [0.25, 0.3) is 10.8 Å². The number of fused-ring (bicyclic) bond motifs is 1. The average Bonchev–Trinajstić information content (AvgIpc) is 2.83. The van der Waals surface area contributed by atoms with Crippen LogP contribution in [0, 0.1) is 0 Å². The summed E-state index contributed by atoms with van der Waals surface area (Å²) < 4.78 is 0. The smallest absolute Gasteiger partial charge is 0.134 e. The van der Waals surface area contributed by atoms with E-state index in [0.29, 0.717) is 16.8 Å². The van der Waals surface area contributed by atoms with E-state index in [1.165, 1.54) is 25.7 Å². The summed E-state index contributed by atoms with van der Waals surface area (Å²) in [5.74, 6) is 0.897. The van der Waals surface area contributed by atoms with Crippen molar-refractivity contribution in [3.8, 4) is 0 Å². The van der Waals surface area contributed by atoms with Gasteiger partial charge in [0.25, 0.3) is 0 Å². The first-order valence-corrected chi connectivity index (χ1v) is 6.72. The fraction of sp³-hybridized carbons (Fsp3) is 0.357. The standard InChI is InChI=1S/C14H16ClN3/c15-9-7-12-11(13(16)8-9)5-6-17-14(12)18-10-3-1-2-4-10/h5-8,10H,1-4,16H2,(H,17,18). The molecule has 1 aliphatic carbocycles. The molecule has 1 aromatic carbocycles. The molecular formula is C14H16ClN3. The van der Waals surface area contributed by atoms with Gasteiger partial charge >= 0.3 is 0 Å². The zero-order chi connectivity index (χ0) is 12.5.